The first-order chi connectivity index (χ1) is 4.90. The highest BCUT2D eigenvalue weighted by molar-refractivity contribution is 5.00. The van der Waals surface area contributed by atoms with Gasteiger partial charge in [0.15, 0.2) is 0 Å². The molecule has 0 heterocycles. The zero-order valence-electron chi connectivity index (χ0n) is 6.90. The third kappa shape index (κ3) is 1.15. The lowest BCUT2D eigenvalue weighted by molar-refractivity contribution is -0.147. The van der Waals surface area contributed by atoms with Gasteiger partial charge in [-0.05, 0) is 24.7 Å². The van der Waals surface area contributed by atoms with Crippen LogP contribution in [0, 0.1) is 5.41 Å². The van der Waals surface area contributed by atoms with Gasteiger partial charge in [0.2, 0.25) is 0 Å². The standard InChI is InChI=1S/C8H14F2O/c1-7(2)4-3-5-8(7,11)6(9)10/h6,11H,3-5H2,1-2H3. The second-order valence-corrected chi connectivity index (χ2v) is 3.96. The fourth-order valence-electron chi connectivity index (χ4n) is 1.76. The molecule has 0 aromatic rings. The van der Waals surface area contributed by atoms with Crippen LogP contribution < -0.4 is 0 Å². The molecule has 0 bridgehead atoms. The zero-order valence-corrected chi connectivity index (χ0v) is 6.90. The molecular formula is C8H14F2O. The summed E-state index contributed by atoms with van der Waals surface area (Å²) in [7, 11) is 0. The number of hydrogen-bond donors (Lipinski definition) is 1. The van der Waals surface area contributed by atoms with Crippen molar-refractivity contribution in [2.45, 2.75) is 45.1 Å². The topological polar surface area (TPSA) is 20.2 Å². The van der Waals surface area contributed by atoms with E-state index in [-0.39, 0.29) is 6.42 Å². The molecule has 0 radical (unpaired) electrons. The third-order valence-electron chi connectivity index (χ3n) is 2.89. The Morgan fingerprint density at radius 2 is 1.82 bits per heavy atom. The predicted octanol–water partition coefficient (Wildman–Crippen LogP) is 2.19. The Hall–Kier alpha value is -0.180. The highest BCUT2D eigenvalue weighted by atomic mass is 19.3. The SMILES string of the molecule is CC1(C)CCCC1(O)C(F)F. The molecule has 0 aromatic heterocycles. The van der Waals surface area contributed by atoms with Crippen molar-refractivity contribution in [2.75, 3.05) is 0 Å². The molecule has 0 saturated heterocycles. The van der Waals surface area contributed by atoms with E-state index in [2.05, 4.69) is 0 Å². The molecule has 1 aliphatic carbocycles. The smallest absolute Gasteiger partial charge is 0.267 e. The maximum Gasteiger partial charge on any atom is 0.267 e. The van der Waals surface area contributed by atoms with Crippen molar-refractivity contribution in [1.29, 1.82) is 0 Å². The van der Waals surface area contributed by atoms with E-state index in [9.17, 15) is 13.9 Å². The van der Waals surface area contributed by atoms with Crippen molar-refractivity contribution in [1.82, 2.24) is 0 Å². The molecule has 1 fully saturated rings. The zero-order chi connectivity index (χ0) is 8.70. The van der Waals surface area contributed by atoms with Crippen LogP contribution >= 0.6 is 0 Å². The first-order valence-electron chi connectivity index (χ1n) is 3.91. The van der Waals surface area contributed by atoms with Gasteiger partial charge in [-0.25, -0.2) is 8.78 Å². The second-order valence-electron chi connectivity index (χ2n) is 3.96. The second kappa shape index (κ2) is 2.41. The van der Waals surface area contributed by atoms with Gasteiger partial charge in [-0.1, -0.05) is 13.8 Å². The first-order valence-corrected chi connectivity index (χ1v) is 3.91. The average molecular weight is 164 g/mol. The Bertz CT molecular complexity index is 156. The van der Waals surface area contributed by atoms with Crippen molar-refractivity contribution in [3.8, 4) is 0 Å². The summed E-state index contributed by atoms with van der Waals surface area (Å²) in [6.45, 7) is 3.40. The van der Waals surface area contributed by atoms with E-state index in [1.807, 2.05) is 0 Å². The molecule has 11 heavy (non-hydrogen) atoms. The van der Waals surface area contributed by atoms with Crippen LogP contribution in [-0.2, 0) is 0 Å². The molecule has 1 saturated carbocycles. The van der Waals surface area contributed by atoms with Crippen LogP contribution in [-0.4, -0.2) is 17.1 Å². The van der Waals surface area contributed by atoms with Crippen LogP contribution in [0.3, 0.4) is 0 Å². The Morgan fingerprint density at radius 3 is 2.00 bits per heavy atom. The Morgan fingerprint density at radius 1 is 1.27 bits per heavy atom. The van der Waals surface area contributed by atoms with E-state index in [1.165, 1.54) is 0 Å². The third-order valence-corrected chi connectivity index (χ3v) is 2.89. The minimum atomic E-state index is -2.61. The monoisotopic (exact) mass is 164 g/mol. The fraction of sp³-hybridized carbons (Fsp3) is 1.00. The number of hydrogen-bond acceptors (Lipinski definition) is 1. The van der Waals surface area contributed by atoms with Crippen LogP contribution in [0.1, 0.15) is 33.1 Å². The Labute approximate surface area is 65.4 Å². The van der Waals surface area contributed by atoms with E-state index in [1.54, 1.807) is 13.8 Å². The lowest BCUT2D eigenvalue weighted by atomic mass is 9.78. The molecule has 0 aromatic carbocycles. The molecule has 0 aliphatic heterocycles. The summed E-state index contributed by atoms with van der Waals surface area (Å²) >= 11 is 0. The Kier molecular flexibility index (Phi) is 1.95. The van der Waals surface area contributed by atoms with Crippen LogP contribution in [0.5, 0.6) is 0 Å². The van der Waals surface area contributed by atoms with Gasteiger partial charge in [-0.2, -0.15) is 0 Å². The van der Waals surface area contributed by atoms with Gasteiger partial charge in [0.05, 0.1) is 0 Å². The summed E-state index contributed by atoms with van der Waals surface area (Å²) in [6.07, 6.45) is -0.987. The fourth-order valence-corrected chi connectivity index (χ4v) is 1.76. The lowest BCUT2D eigenvalue weighted by Gasteiger charge is -2.35. The van der Waals surface area contributed by atoms with E-state index < -0.39 is 17.4 Å². The highest BCUT2D eigenvalue weighted by Gasteiger charge is 2.53. The predicted molar refractivity (Wildman–Crippen MR) is 38.6 cm³/mol. The van der Waals surface area contributed by atoms with Gasteiger partial charge in [0, 0.05) is 0 Å². The molecular weight excluding hydrogens is 150 g/mol. The largest absolute Gasteiger partial charge is 0.383 e. The van der Waals surface area contributed by atoms with Crippen LogP contribution in [0.15, 0.2) is 0 Å². The maximum atomic E-state index is 12.4. The van der Waals surface area contributed by atoms with Gasteiger partial charge in [-0.3, -0.25) is 0 Å². The number of aliphatic hydroxyl groups is 1. The van der Waals surface area contributed by atoms with Gasteiger partial charge >= 0.3 is 0 Å². The molecule has 1 rings (SSSR count). The van der Waals surface area contributed by atoms with Crippen LogP contribution in [0.25, 0.3) is 0 Å². The number of alkyl halides is 2. The normalized spacial score (nSPS) is 36.5. The van der Waals surface area contributed by atoms with Gasteiger partial charge < -0.3 is 5.11 Å². The number of rotatable bonds is 1. The van der Waals surface area contributed by atoms with Crippen LogP contribution in [0.2, 0.25) is 0 Å². The van der Waals surface area contributed by atoms with Crippen molar-refractivity contribution < 1.29 is 13.9 Å². The summed E-state index contributed by atoms with van der Waals surface area (Å²) in [6, 6.07) is 0. The summed E-state index contributed by atoms with van der Waals surface area (Å²) < 4.78 is 24.7. The van der Waals surface area contributed by atoms with Crippen molar-refractivity contribution in [3.63, 3.8) is 0 Å². The Balaban J connectivity index is 2.84. The highest BCUT2D eigenvalue weighted by Crippen LogP contribution is 2.48. The molecule has 0 spiro atoms. The van der Waals surface area contributed by atoms with E-state index in [4.69, 9.17) is 0 Å². The molecule has 66 valence electrons. The van der Waals surface area contributed by atoms with Gasteiger partial charge in [0.25, 0.3) is 6.43 Å². The van der Waals surface area contributed by atoms with Crippen LogP contribution in [0.4, 0.5) is 8.78 Å². The molecule has 1 nitrogen and oxygen atoms in total. The summed E-state index contributed by atoms with van der Waals surface area (Å²) in [4.78, 5) is 0. The molecule has 1 unspecified atom stereocenters. The summed E-state index contributed by atoms with van der Waals surface area (Å²) in [5.41, 5.74) is -2.37. The molecule has 1 aliphatic rings. The lowest BCUT2D eigenvalue weighted by Crippen LogP contribution is -2.46. The quantitative estimate of drug-likeness (QED) is 0.629. The van der Waals surface area contributed by atoms with Crippen molar-refractivity contribution >= 4 is 0 Å². The number of halogens is 2. The van der Waals surface area contributed by atoms with E-state index >= 15 is 0 Å². The molecule has 0 amide bonds. The average Bonchev–Trinajstić information content (AvgIpc) is 2.09. The first kappa shape index (κ1) is 8.91. The van der Waals surface area contributed by atoms with Gasteiger partial charge in [-0.15, -0.1) is 0 Å². The van der Waals surface area contributed by atoms with E-state index in [0.29, 0.717) is 12.8 Å². The summed E-state index contributed by atoms with van der Waals surface area (Å²) in [5.74, 6) is 0. The minimum absolute atomic E-state index is 0.234. The van der Waals surface area contributed by atoms with Crippen molar-refractivity contribution in [3.05, 3.63) is 0 Å². The maximum absolute atomic E-state index is 12.4. The molecule has 1 N–H and O–H groups in total. The minimum Gasteiger partial charge on any atom is -0.383 e. The van der Waals surface area contributed by atoms with Gasteiger partial charge in [0.1, 0.15) is 5.60 Å². The summed E-state index contributed by atoms with van der Waals surface area (Å²) in [5, 5.41) is 9.55. The van der Waals surface area contributed by atoms with Crippen molar-refractivity contribution in [2.24, 2.45) is 5.41 Å². The molecule has 3 heteroatoms. The molecule has 1 atom stereocenters. The van der Waals surface area contributed by atoms with E-state index in [0.717, 1.165) is 0 Å².